The standard InChI is InChI=1S/C11H9BrN2OS/c12-9-5-8(6-16-9)1-2-10(15)14-11(7-13)3-4-11/h1-2,5-6H,3-4H2,(H,14,15). The lowest BCUT2D eigenvalue weighted by atomic mass is 10.2. The first-order valence-corrected chi connectivity index (χ1v) is 6.46. The number of carbonyl (C=O) groups excluding carboxylic acids is 1. The average Bonchev–Trinajstić information content (AvgIpc) is 2.91. The third-order valence-electron chi connectivity index (χ3n) is 2.34. The van der Waals surface area contributed by atoms with Gasteiger partial charge in [-0.2, -0.15) is 5.26 Å². The molecule has 0 spiro atoms. The van der Waals surface area contributed by atoms with Gasteiger partial charge in [-0.3, -0.25) is 4.79 Å². The number of nitriles is 1. The summed E-state index contributed by atoms with van der Waals surface area (Å²) in [4.78, 5) is 11.5. The van der Waals surface area contributed by atoms with Gasteiger partial charge in [-0.1, -0.05) is 0 Å². The van der Waals surface area contributed by atoms with Gasteiger partial charge in [0.15, 0.2) is 0 Å². The molecule has 0 radical (unpaired) electrons. The Kier molecular flexibility index (Phi) is 3.13. The molecule has 5 heteroatoms. The van der Waals surface area contributed by atoms with Crippen molar-refractivity contribution in [1.82, 2.24) is 5.32 Å². The van der Waals surface area contributed by atoms with E-state index < -0.39 is 5.54 Å². The molecule has 0 saturated heterocycles. The van der Waals surface area contributed by atoms with Crippen LogP contribution in [0.5, 0.6) is 0 Å². The molecule has 0 atom stereocenters. The lowest BCUT2D eigenvalue weighted by molar-refractivity contribution is -0.117. The van der Waals surface area contributed by atoms with Crippen LogP contribution in [0.15, 0.2) is 21.3 Å². The van der Waals surface area contributed by atoms with Gasteiger partial charge in [0.05, 0.1) is 9.86 Å². The van der Waals surface area contributed by atoms with Crippen LogP contribution in [0.25, 0.3) is 6.08 Å². The van der Waals surface area contributed by atoms with E-state index >= 15 is 0 Å². The minimum absolute atomic E-state index is 0.207. The van der Waals surface area contributed by atoms with Crippen LogP contribution in [0.4, 0.5) is 0 Å². The normalized spacial score (nSPS) is 17.0. The molecular formula is C11H9BrN2OS. The Bertz CT molecular complexity index is 482. The fourth-order valence-corrected chi connectivity index (χ4v) is 2.39. The van der Waals surface area contributed by atoms with E-state index in [4.69, 9.17) is 5.26 Å². The van der Waals surface area contributed by atoms with E-state index in [0.717, 1.165) is 22.2 Å². The van der Waals surface area contributed by atoms with E-state index in [2.05, 4.69) is 27.3 Å². The maximum absolute atomic E-state index is 11.5. The molecule has 1 N–H and O–H groups in total. The summed E-state index contributed by atoms with van der Waals surface area (Å²) in [7, 11) is 0. The van der Waals surface area contributed by atoms with Crippen molar-refractivity contribution in [2.45, 2.75) is 18.4 Å². The van der Waals surface area contributed by atoms with Crippen LogP contribution in [-0.4, -0.2) is 11.4 Å². The Labute approximate surface area is 106 Å². The van der Waals surface area contributed by atoms with Gasteiger partial charge >= 0.3 is 0 Å². The monoisotopic (exact) mass is 296 g/mol. The molecule has 0 unspecified atom stereocenters. The molecule has 1 aromatic heterocycles. The van der Waals surface area contributed by atoms with Crippen molar-refractivity contribution < 1.29 is 4.79 Å². The molecule has 1 amide bonds. The maximum Gasteiger partial charge on any atom is 0.245 e. The lowest BCUT2D eigenvalue weighted by Gasteiger charge is -2.04. The van der Waals surface area contributed by atoms with Crippen molar-refractivity contribution in [3.63, 3.8) is 0 Å². The highest BCUT2D eigenvalue weighted by Crippen LogP contribution is 2.34. The van der Waals surface area contributed by atoms with Gasteiger partial charge in [0.2, 0.25) is 5.91 Å². The molecule has 3 nitrogen and oxygen atoms in total. The van der Waals surface area contributed by atoms with E-state index in [1.807, 2.05) is 11.4 Å². The molecule has 1 saturated carbocycles. The highest BCUT2D eigenvalue weighted by atomic mass is 79.9. The summed E-state index contributed by atoms with van der Waals surface area (Å²) in [6, 6.07) is 4.05. The van der Waals surface area contributed by atoms with Crippen molar-refractivity contribution in [3.05, 3.63) is 26.9 Å². The quantitative estimate of drug-likeness (QED) is 0.872. The van der Waals surface area contributed by atoms with E-state index in [0.29, 0.717) is 0 Å². The zero-order valence-corrected chi connectivity index (χ0v) is 10.8. The number of hydrogen-bond acceptors (Lipinski definition) is 3. The Morgan fingerprint density at radius 1 is 1.69 bits per heavy atom. The van der Waals surface area contributed by atoms with Crippen LogP contribution in [-0.2, 0) is 4.79 Å². The van der Waals surface area contributed by atoms with Crippen LogP contribution in [0.3, 0.4) is 0 Å². The smallest absolute Gasteiger partial charge is 0.245 e. The molecule has 82 valence electrons. The van der Waals surface area contributed by atoms with E-state index in [1.165, 1.54) is 6.08 Å². The number of nitrogens with zero attached hydrogens (tertiary/aromatic N) is 1. The second-order valence-electron chi connectivity index (χ2n) is 3.70. The van der Waals surface area contributed by atoms with Crippen LogP contribution in [0, 0.1) is 11.3 Å². The van der Waals surface area contributed by atoms with Gasteiger partial charge in [0.1, 0.15) is 5.54 Å². The predicted molar refractivity (Wildman–Crippen MR) is 66.8 cm³/mol. The summed E-state index contributed by atoms with van der Waals surface area (Å²) < 4.78 is 1.03. The molecule has 1 aliphatic rings. The van der Waals surface area contributed by atoms with Gasteiger partial charge in [0, 0.05) is 6.08 Å². The molecule has 1 aromatic rings. The van der Waals surface area contributed by atoms with Crippen molar-refractivity contribution in [1.29, 1.82) is 5.26 Å². The lowest BCUT2D eigenvalue weighted by Crippen LogP contribution is -2.34. The molecule has 1 heterocycles. The highest BCUT2D eigenvalue weighted by Gasteiger charge is 2.44. The topological polar surface area (TPSA) is 52.9 Å². The van der Waals surface area contributed by atoms with E-state index in [1.54, 1.807) is 17.4 Å². The first kappa shape index (κ1) is 11.4. The Balaban J connectivity index is 1.93. The summed E-state index contributed by atoms with van der Waals surface area (Å²) in [6.07, 6.45) is 4.72. The first-order valence-electron chi connectivity index (χ1n) is 4.79. The molecule has 0 aromatic carbocycles. The van der Waals surface area contributed by atoms with Crippen LogP contribution in [0.2, 0.25) is 0 Å². The van der Waals surface area contributed by atoms with Crippen LogP contribution < -0.4 is 5.32 Å². The zero-order valence-electron chi connectivity index (χ0n) is 8.37. The Morgan fingerprint density at radius 3 is 2.94 bits per heavy atom. The fraction of sp³-hybridized carbons (Fsp3) is 0.273. The number of thiophene rings is 1. The second-order valence-corrected chi connectivity index (χ2v) is 5.99. The average molecular weight is 297 g/mol. The van der Waals surface area contributed by atoms with E-state index in [-0.39, 0.29) is 5.91 Å². The number of rotatable bonds is 3. The van der Waals surface area contributed by atoms with E-state index in [9.17, 15) is 4.79 Å². The molecule has 2 rings (SSSR count). The SMILES string of the molecule is N#CC1(NC(=O)C=Cc2csc(Br)c2)CC1. The fourth-order valence-electron chi connectivity index (χ4n) is 1.25. The third kappa shape index (κ3) is 2.71. The molecule has 0 bridgehead atoms. The summed E-state index contributed by atoms with van der Waals surface area (Å²) in [6.45, 7) is 0. The number of halogens is 1. The number of carbonyl (C=O) groups is 1. The highest BCUT2D eigenvalue weighted by molar-refractivity contribution is 9.11. The minimum atomic E-state index is -0.587. The molecular weight excluding hydrogens is 288 g/mol. The van der Waals surface area contributed by atoms with Crippen molar-refractivity contribution in [3.8, 4) is 6.07 Å². The van der Waals surface area contributed by atoms with Crippen molar-refractivity contribution >= 4 is 39.2 Å². The summed E-state index contributed by atoms with van der Waals surface area (Å²) in [5.41, 5.74) is 0.394. The molecule has 0 aliphatic heterocycles. The molecule has 16 heavy (non-hydrogen) atoms. The Hall–Kier alpha value is -1.12. The summed E-state index contributed by atoms with van der Waals surface area (Å²) in [5.74, 6) is -0.207. The minimum Gasteiger partial charge on any atom is -0.334 e. The van der Waals surface area contributed by atoms with Crippen LogP contribution in [0.1, 0.15) is 18.4 Å². The van der Waals surface area contributed by atoms with Crippen LogP contribution >= 0.6 is 27.3 Å². The van der Waals surface area contributed by atoms with Gasteiger partial charge < -0.3 is 5.32 Å². The largest absolute Gasteiger partial charge is 0.334 e. The molecule has 1 fully saturated rings. The first-order chi connectivity index (χ1) is 7.63. The van der Waals surface area contributed by atoms with Gasteiger partial charge in [-0.05, 0) is 51.9 Å². The van der Waals surface area contributed by atoms with Gasteiger partial charge in [0.25, 0.3) is 0 Å². The predicted octanol–water partition coefficient (Wildman–Crippen LogP) is 2.70. The number of hydrogen-bond donors (Lipinski definition) is 1. The molecule has 1 aliphatic carbocycles. The Morgan fingerprint density at radius 2 is 2.44 bits per heavy atom. The zero-order chi connectivity index (χ0) is 11.6. The number of amides is 1. The summed E-state index contributed by atoms with van der Waals surface area (Å²) in [5, 5.41) is 13.4. The second kappa shape index (κ2) is 4.40. The van der Waals surface area contributed by atoms with Crippen molar-refractivity contribution in [2.24, 2.45) is 0 Å². The number of nitrogens with one attached hydrogen (secondary N) is 1. The van der Waals surface area contributed by atoms with Gasteiger partial charge in [-0.15, -0.1) is 11.3 Å². The maximum atomic E-state index is 11.5. The van der Waals surface area contributed by atoms with Crippen molar-refractivity contribution in [2.75, 3.05) is 0 Å². The third-order valence-corrected chi connectivity index (χ3v) is 3.86. The van der Waals surface area contributed by atoms with Gasteiger partial charge in [-0.25, -0.2) is 0 Å². The summed E-state index contributed by atoms with van der Waals surface area (Å²) >= 11 is 4.92.